The molecule has 0 saturated heterocycles. The van der Waals surface area contributed by atoms with E-state index in [4.69, 9.17) is 11.6 Å². The number of urea groups is 1. The summed E-state index contributed by atoms with van der Waals surface area (Å²) in [5, 5.41) is 4.72. The van der Waals surface area contributed by atoms with E-state index in [1.54, 1.807) is 40.9 Å². The molecule has 6 heteroatoms. The molecule has 1 aliphatic heterocycles. The van der Waals surface area contributed by atoms with Gasteiger partial charge in [-0.1, -0.05) is 60.6 Å². The van der Waals surface area contributed by atoms with E-state index in [0.29, 0.717) is 16.0 Å². The quantitative estimate of drug-likeness (QED) is 0.779. The van der Waals surface area contributed by atoms with E-state index < -0.39 is 0 Å². The van der Waals surface area contributed by atoms with Crippen molar-refractivity contribution >= 4 is 40.2 Å². The van der Waals surface area contributed by atoms with Crippen LogP contribution in [-0.2, 0) is 0 Å². The van der Waals surface area contributed by atoms with Crippen LogP contribution in [0.2, 0.25) is 5.02 Å². The SMILES string of the molecule is C[C@H](c1ccccc1)N(C(=O)Nc1ccc(Cl)cc1)C1=NC[C@H](C)S1. The Hall–Kier alpha value is -1.98. The molecular weight excluding hydrogens is 354 g/mol. The fraction of sp³-hybridized carbons (Fsp3) is 0.263. The van der Waals surface area contributed by atoms with Crippen LogP contribution in [0.4, 0.5) is 10.5 Å². The number of rotatable bonds is 3. The average molecular weight is 374 g/mol. The lowest BCUT2D eigenvalue weighted by molar-refractivity contribution is 0.225. The van der Waals surface area contributed by atoms with Gasteiger partial charge in [-0.25, -0.2) is 4.79 Å². The predicted octanol–water partition coefficient (Wildman–Crippen LogP) is 5.43. The Bertz CT molecular complexity index is 764. The molecule has 1 aliphatic rings. The van der Waals surface area contributed by atoms with Gasteiger partial charge in [-0.2, -0.15) is 0 Å². The number of anilines is 1. The number of halogens is 1. The second kappa shape index (κ2) is 7.93. The number of amides is 2. The van der Waals surface area contributed by atoms with Gasteiger partial charge in [0.1, 0.15) is 0 Å². The lowest BCUT2D eigenvalue weighted by Gasteiger charge is -2.29. The Morgan fingerprint density at radius 1 is 1.24 bits per heavy atom. The first-order chi connectivity index (χ1) is 12.0. The van der Waals surface area contributed by atoms with Crippen LogP contribution in [-0.4, -0.2) is 27.9 Å². The van der Waals surface area contributed by atoms with E-state index >= 15 is 0 Å². The maximum Gasteiger partial charge on any atom is 0.328 e. The summed E-state index contributed by atoms with van der Waals surface area (Å²) in [5.41, 5.74) is 1.77. The van der Waals surface area contributed by atoms with Crippen molar-refractivity contribution in [1.29, 1.82) is 0 Å². The highest BCUT2D eigenvalue weighted by atomic mass is 35.5. The van der Waals surface area contributed by atoms with Gasteiger partial charge >= 0.3 is 6.03 Å². The number of carbonyl (C=O) groups is 1. The van der Waals surface area contributed by atoms with E-state index in [1.165, 1.54) is 0 Å². The third-order valence-corrected chi connectivity index (χ3v) is 5.32. The Morgan fingerprint density at radius 2 is 1.92 bits per heavy atom. The Labute approximate surface area is 157 Å². The molecule has 0 spiro atoms. The van der Waals surface area contributed by atoms with Crippen LogP contribution < -0.4 is 5.32 Å². The number of amidine groups is 1. The van der Waals surface area contributed by atoms with Gasteiger partial charge in [0.15, 0.2) is 5.17 Å². The van der Waals surface area contributed by atoms with Crippen LogP contribution in [0.3, 0.4) is 0 Å². The number of carbonyl (C=O) groups excluding carboxylic acids is 1. The molecule has 0 aliphatic carbocycles. The second-order valence-electron chi connectivity index (χ2n) is 5.95. The zero-order valence-electron chi connectivity index (χ0n) is 14.1. The van der Waals surface area contributed by atoms with Gasteiger partial charge in [0.2, 0.25) is 0 Å². The van der Waals surface area contributed by atoms with Gasteiger partial charge in [-0.3, -0.25) is 9.89 Å². The van der Waals surface area contributed by atoms with E-state index in [0.717, 1.165) is 17.3 Å². The highest BCUT2D eigenvalue weighted by molar-refractivity contribution is 8.14. The number of hydrogen-bond acceptors (Lipinski definition) is 3. The zero-order valence-corrected chi connectivity index (χ0v) is 15.7. The normalized spacial score (nSPS) is 17.7. The highest BCUT2D eigenvalue weighted by Gasteiger charge is 2.30. The number of nitrogens with zero attached hydrogens (tertiary/aromatic N) is 2. The fourth-order valence-corrected chi connectivity index (χ4v) is 3.76. The fourth-order valence-electron chi connectivity index (χ4n) is 2.62. The standard InChI is InChI=1S/C19H20ClN3OS/c1-13-12-21-19(25-13)23(14(2)15-6-4-3-5-7-15)18(24)22-17-10-8-16(20)9-11-17/h3-11,13-14H,12H2,1-2H3,(H,22,24)/t13-,14+/m0/s1. The molecule has 130 valence electrons. The number of aliphatic imine (C=N–C) groups is 1. The van der Waals surface area contributed by atoms with Gasteiger partial charge in [0, 0.05) is 16.0 Å². The summed E-state index contributed by atoms with van der Waals surface area (Å²) in [6.45, 7) is 4.86. The summed E-state index contributed by atoms with van der Waals surface area (Å²) in [6.07, 6.45) is 0. The highest BCUT2D eigenvalue weighted by Crippen LogP contribution is 2.30. The summed E-state index contributed by atoms with van der Waals surface area (Å²) in [5.74, 6) is 0. The monoisotopic (exact) mass is 373 g/mol. The third kappa shape index (κ3) is 4.35. The van der Waals surface area contributed by atoms with Crippen LogP contribution >= 0.6 is 23.4 Å². The Morgan fingerprint density at radius 3 is 2.52 bits per heavy atom. The first kappa shape index (κ1) is 17.8. The lowest BCUT2D eigenvalue weighted by Crippen LogP contribution is -2.40. The van der Waals surface area contributed by atoms with Crippen molar-refractivity contribution in [1.82, 2.24) is 4.90 Å². The molecule has 0 saturated carbocycles. The molecule has 2 amide bonds. The Balaban J connectivity index is 1.85. The van der Waals surface area contributed by atoms with Gasteiger partial charge in [-0.15, -0.1) is 0 Å². The molecule has 2 atom stereocenters. The van der Waals surface area contributed by atoms with Crippen LogP contribution in [0.1, 0.15) is 25.5 Å². The van der Waals surface area contributed by atoms with Crippen molar-refractivity contribution in [3.05, 3.63) is 65.2 Å². The topological polar surface area (TPSA) is 44.7 Å². The molecule has 2 aromatic rings. The van der Waals surface area contributed by atoms with Gasteiger partial charge < -0.3 is 5.32 Å². The summed E-state index contributed by atoms with van der Waals surface area (Å²) in [7, 11) is 0. The van der Waals surface area contributed by atoms with Crippen molar-refractivity contribution in [2.75, 3.05) is 11.9 Å². The minimum Gasteiger partial charge on any atom is -0.307 e. The maximum absolute atomic E-state index is 13.0. The molecule has 0 unspecified atom stereocenters. The lowest BCUT2D eigenvalue weighted by atomic mass is 10.1. The molecule has 0 bridgehead atoms. The average Bonchev–Trinajstić information content (AvgIpc) is 3.04. The smallest absolute Gasteiger partial charge is 0.307 e. The second-order valence-corrected chi connectivity index (χ2v) is 7.79. The van der Waals surface area contributed by atoms with E-state index in [2.05, 4.69) is 17.2 Å². The maximum atomic E-state index is 13.0. The van der Waals surface area contributed by atoms with Crippen molar-refractivity contribution in [2.45, 2.75) is 25.1 Å². The molecule has 4 nitrogen and oxygen atoms in total. The minimum absolute atomic E-state index is 0.120. The van der Waals surface area contributed by atoms with Gasteiger partial charge in [0.25, 0.3) is 0 Å². The van der Waals surface area contributed by atoms with Gasteiger partial charge in [0.05, 0.1) is 12.6 Å². The molecule has 3 rings (SSSR count). The third-order valence-electron chi connectivity index (χ3n) is 3.98. The molecule has 0 fully saturated rings. The van der Waals surface area contributed by atoms with Crippen molar-refractivity contribution in [3.8, 4) is 0 Å². The molecular formula is C19H20ClN3OS. The van der Waals surface area contributed by atoms with Gasteiger partial charge in [-0.05, 0) is 36.8 Å². The zero-order chi connectivity index (χ0) is 17.8. The summed E-state index contributed by atoms with van der Waals surface area (Å²) in [6, 6.07) is 16.8. The van der Waals surface area contributed by atoms with Crippen LogP contribution in [0, 0.1) is 0 Å². The van der Waals surface area contributed by atoms with E-state index in [9.17, 15) is 4.79 Å². The van der Waals surface area contributed by atoms with Crippen LogP contribution in [0.15, 0.2) is 59.6 Å². The van der Waals surface area contributed by atoms with Crippen molar-refractivity contribution in [2.24, 2.45) is 4.99 Å². The summed E-state index contributed by atoms with van der Waals surface area (Å²) in [4.78, 5) is 19.3. The summed E-state index contributed by atoms with van der Waals surface area (Å²) >= 11 is 7.55. The molecule has 0 radical (unpaired) electrons. The van der Waals surface area contributed by atoms with E-state index in [1.807, 2.05) is 37.3 Å². The largest absolute Gasteiger partial charge is 0.328 e. The molecule has 1 heterocycles. The molecule has 2 aromatic carbocycles. The van der Waals surface area contributed by atoms with Crippen molar-refractivity contribution < 1.29 is 4.79 Å². The minimum atomic E-state index is -0.195. The van der Waals surface area contributed by atoms with E-state index in [-0.39, 0.29) is 12.1 Å². The summed E-state index contributed by atoms with van der Waals surface area (Å²) < 4.78 is 0. The molecule has 1 N–H and O–H groups in total. The number of hydrogen-bond donors (Lipinski definition) is 1. The Kier molecular flexibility index (Phi) is 5.66. The first-order valence-corrected chi connectivity index (χ1v) is 9.42. The molecule has 25 heavy (non-hydrogen) atoms. The molecule has 0 aromatic heterocycles. The first-order valence-electron chi connectivity index (χ1n) is 8.16. The van der Waals surface area contributed by atoms with Crippen molar-refractivity contribution in [3.63, 3.8) is 0 Å². The number of nitrogens with one attached hydrogen (secondary N) is 1. The predicted molar refractivity (Wildman–Crippen MR) is 107 cm³/mol. The van der Waals surface area contributed by atoms with Crippen LogP contribution in [0.5, 0.6) is 0 Å². The number of thioether (sulfide) groups is 1. The number of benzene rings is 2. The van der Waals surface area contributed by atoms with Crippen LogP contribution in [0.25, 0.3) is 0 Å².